The van der Waals surface area contributed by atoms with Crippen molar-refractivity contribution in [3.63, 3.8) is 0 Å². The lowest BCUT2D eigenvalue weighted by molar-refractivity contribution is -0.127. The van der Waals surface area contributed by atoms with Crippen LogP contribution in [0, 0.1) is 5.41 Å². The molecule has 4 aliphatic rings. The van der Waals surface area contributed by atoms with Crippen LogP contribution in [0.5, 0.6) is 0 Å². The third-order valence-corrected chi connectivity index (χ3v) is 8.33. The van der Waals surface area contributed by atoms with Crippen molar-refractivity contribution in [2.45, 2.75) is 76.2 Å². The summed E-state index contributed by atoms with van der Waals surface area (Å²) >= 11 is 0. The van der Waals surface area contributed by atoms with Crippen LogP contribution in [0.25, 0.3) is 0 Å². The van der Waals surface area contributed by atoms with Gasteiger partial charge in [-0.25, -0.2) is 0 Å². The topological polar surface area (TPSA) is 61.9 Å². The smallest absolute Gasteiger partial charge is 0.255 e. The zero-order valence-electron chi connectivity index (χ0n) is 19.6. The Hall–Kier alpha value is -2.18. The number of allylic oxidation sites excluding steroid dienone is 1. The van der Waals surface area contributed by atoms with E-state index in [0.717, 1.165) is 62.9 Å². The normalized spacial score (nSPS) is 23.9. The number of fused-ring (bicyclic) bond motifs is 1. The van der Waals surface area contributed by atoms with Gasteiger partial charge in [-0.15, -0.1) is 6.58 Å². The highest BCUT2D eigenvalue weighted by molar-refractivity contribution is 6.00. The number of carbonyl (C=O) groups excluding carboxylic acids is 2. The molecule has 5 rings (SSSR count). The highest BCUT2D eigenvalue weighted by Crippen LogP contribution is 2.51. The molecule has 1 saturated carbocycles. The van der Waals surface area contributed by atoms with Gasteiger partial charge >= 0.3 is 0 Å². The first-order valence-corrected chi connectivity index (χ1v) is 12.7. The number of nitrogens with one attached hydrogen (secondary N) is 1. The summed E-state index contributed by atoms with van der Waals surface area (Å²) < 4.78 is 6.37. The van der Waals surface area contributed by atoms with E-state index in [1.807, 2.05) is 6.07 Å². The van der Waals surface area contributed by atoms with Gasteiger partial charge in [-0.2, -0.15) is 0 Å². The minimum Gasteiger partial charge on any atom is -0.375 e. The number of amides is 1. The van der Waals surface area contributed by atoms with Crippen LogP contribution >= 0.6 is 0 Å². The van der Waals surface area contributed by atoms with Crippen molar-refractivity contribution in [2.24, 2.45) is 5.41 Å². The van der Waals surface area contributed by atoms with E-state index >= 15 is 0 Å². The highest BCUT2D eigenvalue weighted by atomic mass is 16.5. The third-order valence-electron chi connectivity index (χ3n) is 8.33. The SMILES string of the molecule is C=CCCC(C=O)N1Cc2cc(N3CCC4(CC3)CC(OC3CCNCC3)C4)ccc2C1=O. The van der Waals surface area contributed by atoms with E-state index in [4.69, 9.17) is 4.74 Å². The Morgan fingerprint density at radius 2 is 1.94 bits per heavy atom. The molecule has 1 N–H and O–H groups in total. The molecule has 2 saturated heterocycles. The average Bonchev–Trinajstić information content (AvgIpc) is 3.15. The Kier molecular flexibility index (Phi) is 6.57. The monoisotopic (exact) mass is 451 g/mol. The van der Waals surface area contributed by atoms with Crippen molar-refractivity contribution in [1.29, 1.82) is 0 Å². The minimum atomic E-state index is -0.375. The fraction of sp³-hybridized carbons (Fsp3) is 0.630. The van der Waals surface area contributed by atoms with E-state index in [0.29, 0.717) is 30.6 Å². The number of hydrogen-bond donors (Lipinski definition) is 1. The molecular weight excluding hydrogens is 414 g/mol. The van der Waals surface area contributed by atoms with Gasteiger partial charge in [-0.3, -0.25) is 4.79 Å². The molecule has 0 radical (unpaired) electrons. The summed E-state index contributed by atoms with van der Waals surface area (Å²) in [5.74, 6) is -0.0235. The Morgan fingerprint density at radius 1 is 1.18 bits per heavy atom. The van der Waals surface area contributed by atoms with Crippen LogP contribution in [-0.4, -0.2) is 61.5 Å². The summed E-state index contributed by atoms with van der Waals surface area (Å²) in [7, 11) is 0. The maximum Gasteiger partial charge on any atom is 0.255 e. The van der Waals surface area contributed by atoms with E-state index in [9.17, 15) is 9.59 Å². The van der Waals surface area contributed by atoms with Crippen LogP contribution in [0.4, 0.5) is 5.69 Å². The molecule has 0 bridgehead atoms. The first-order valence-electron chi connectivity index (χ1n) is 12.7. The summed E-state index contributed by atoms with van der Waals surface area (Å²) in [4.78, 5) is 28.6. The minimum absolute atomic E-state index is 0.0235. The van der Waals surface area contributed by atoms with Crippen LogP contribution < -0.4 is 10.2 Å². The van der Waals surface area contributed by atoms with Gasteiger partial charge < -0.3 is 24.6 Å². The molecule has 3 heterocycles. The van der Waals surface area contributed by atoms with E-state index in [1.54, 1.807) is 11.0 Å². The third kappa shape index (κ3) is 4.60. The molecule has 1 aromatic carbocycles. The van der Waals surface area contributed by atoms with Gasteiger partial charge in [0.1, 0.15) is 6.29 Å². The van der Waals surface area contributed by atoms with Crippen LogP contribution in [0.3, 0.4) is 0 Å². The van der Waals surface area contributed by atoms with E-state index in [-0.39, 0.29) is 11.9 Å². The second kappa shape index (κ2) is 9.59. The molecule has 0 aromatic heterocycles. The van der Waals surface area contributed by atoms with Crippen LogP contribution in [0.2, 0.25) is 0 Å². The Morgan fingerprint density at radius 3 is 2.64 bits per heavy atom. The molecule has 6 heteroatoms. The highest BCUT2D eigenvalue weighted by Gasteiger charge is 2.47. The van der Waals surface area contributed by atoms with Crippen molar-refractivity contribution in [3.8, 4) is 0 Å². The molecule has 1 atom stereocenters. The Labute approximate surface area is 197 Å². The number of anilines is 1. The summed E-state index contributed by atoms with van der Waals surface area (Å²) in [6.45, 7) is 8.56. The van der Waals surface area contributed by atoms with Gasteiger partial charge in [0.25, 0.3) is 5.91 Å². The number of rotatable bonds is 8. The molecule has 1 aromatic rings. The van der Waals surface area contributed by atoms with Gasteiger partial charge in [-0.05, 0) is 93.6 Å². The lowest BCUT2D eigenvalue weighted by Gasteiger charge is -2.53. The van der Waals surface area contributed by atoms with Crippen LogP contribution in [0.1, 0.15) is 67.3 Å². The van der Waals surface area contributed by atoms with Crippen molar-refractivity contribution in [3.05, 3.63) is 42.0 Å². The molecule has 3 fully saturated rings. The first kappa shape index (κ1) is 22.6. The lowest BCUT2D eigenvalue weighted by atomic mass is 9.61. The second-order valence-corrected chi connectivity index (χ2v) is 10.4. The predicted octanol–water partition coefficient (Wildman–Crippen LogP) is 3.69. The number of hydrogen-bond acceptors (Lipinski definition) is 5. The molecule has 1 unspecified atom stereocenters. The molecule has 1 aliphatic carbocycles. The predicted molar refractivity (Wildman–Crippen MR) is 129 cm³/mol. The molecular formula is C27H37N3O3. The quantitative estimate of drug-likeness (QED) is 0.482. The van der Waals surface area contributed by atoms with Crippen molar-refractivity contribution in [1.82, 2.24) is 10.2 Å². The molecule has 3 aliphatic heterocycles. The zero-order valence-corrected chi connectivity index (χ0v) is 19.6. The van der Waals surface area contributed by atoms with Gasteiger partial charge in [0.05, 0.1) is 18.2 Å². The fourth-order valence-corrected chi connectivity index (χ4v) is 6.23. The molecule has 6 nitrogen and oxygen atoms in total. The number of ether oxygens (including phenoxy) is 1. The number of benzene rings is 1. The fourth-order valence-electron chi connectivity index (χ4n) is 6.23. The standard InChI is InChI=1S/C27H37N3O3/c1-2-3-4-22(19-31)30-18-20-15-21(5-6-25(20)26(30)32)29-13-9-27(10-14-29)16-24(17-27)33-23-7-11-28-12-8-23/h2,5-6,15,19,22-24,28H,1,3-4,7-14,16-18H2. The number of nitrogens with zero attached hydrogens (tertiary/aromatic N) is 2. The molecule has 1 spiro atoms. The maximum absolute atomic E-state index is 12.9. The van der Waals surface area contributed by atoms with Crippen LogP contribution in [0.15, 0.2) is 30.9 Å². The molecule has 1 amide bonds. The van der Waals surface area contributed by atoms with E-state index < -0.39 is 0 Å². The largest absolute Gasteiger partial charge is 0.375 e. The Balaban J connectivity index is 1.15. The molecule has 33 heavy (non-hydrogen) atoms. The molecule has 178 valence electrons. The van der Waals surface area contributed by atoms with Gasteiger partial charge in [-0.1, -0.05) is 6.08 Å². The zero-order chi connectivity index (χ0) is 22.8. The number of aldehydes is 1. The summed E-state index contributed by atoms with van der Waals surface area (Å²) in [6.07, 6.45) is 12.2. The van der Waals surface area contributed by atoms with E-state index in [2.05, 4.69) is 28.9 Å². The summed E-state index contributed by atoms with van der Waals surface area (Å²) in [6, 6.07) is 5.84. The second-order valence-electron chi connectivity index (χ2n) is 10.4. The number of piperidine rings is 2. The van der Waals surface area contributed by atoms with Crippen LogP contribution in [-0.2, 0) is 16.1 Å². The van der Waals surface area contributed by atoms with Gasteiger partial charge in [0.2, 0.25) is 0 Å². The average molecular weight is 452 g/mol. The number of carbonyl (C=O) groups is 2. The van der Waals surface area contributed by atoms with E-state index in [1.165, 1.54) is 31.4 Å². The Bertz CT molecular complexity index is 879. The van der Waals surface area contributed by atoms with Crippen molar-refractivity contribution in [2.75, 3.05) is 31.1 Å². The van der Waals surface area contributed by atoms with Gasteiger partial charge in [0, 0.05) is 30.9 Å². The lowest BCUT2D eigenvalue weighted by Crippen LogP contribution is -2.51. The first-order chi connectivity index (χ1) is 16.1. The summed E-state index contributed by atoms with van der Waals surface area (Å²) in [5, 5.41) is 3.41. The van der Waals surface area contributed by atoms with Crippen molar-refractivity contribution >= 4 is 17.9 Å². The summed E-state index contributed by atoms with van der Waals surface area (Å²) in [5.41, 5.74) is 3.46. The van der Waals surface area contributed by atoms with Gasteiger partial charge in [0.15, 0.2) is 0 Å². The van der Waals surface area contributed by atoms with Crippen molar-refractivity contribution < 1.29 is 14.3 Å². The maximum atomic E-state index is 12.9.